The molecule has 0 saturated heterocycles. The predicted octanol–water partition coefficient (Wildman–Crippen LogP) is 6.35. The monoisotopic (exact) mass is 430 g/mol. The van der Waals surface area contributed by atoms with Crippen molar-refractivity contribution < 1.29 is 0 Å². The third-order valence-electron chi connectivity index (χ3n) is 6.07. The van der Waals surface area contributed by atoms with Crippen molar-refractivity contribution in [1.82, 2.24) is 0 Å². The first-order valence-corrected chi connectivity index (χ1v) is 18.4. The highest BCUT2D eigenvalue weighted by Crippen LogP contribution is 2.13. The Morgan fingerprint density at radius 2 is 0.567 bits per heavy atom. The van der Waals surface area contributed by atoms with Crippen molar-refractivity contribution in [3.8, 4) is 0 Å². The van der Waals surface area contributed by atoms with E-state index < -0.39 is 16.1 Å². The van der Waals surface area contributed by atoms with Gasteiger partial charge in [0, 0.05) is 0 Å². The first-order valence-electron chi connectivity index (χ1n) is 11.4. The maximum Gasteiger partial charge on any atom is 0.0775 e. The Morgan fingerprint density at radius 3 is 0.767 bits per heavy atom. The molecular formula is C28H38Si2. The molecule has 0 N–H and O–H groups in total. The van der Waals surface area contributed by atoms with Gasteiger partial charge in [0.1, 0.15) is 0 Å². The molecule has 3 aromatic carbocycles. The number of hydrogen-bond donors (Lipinski definition) is 0. The summed E-state index contributed by atoms with van der Waals surface area (Å²) >= 11 is 0. The summed E-state index contributed by atoms with van der Waals surface area (Å²) in [5.41, 5.74) is 5.77. The van der Waals surface area contributed by atoms with Crippen LogP contribution < -0.4 is 10.4 Å². The average Bonchev–Trinajstić information content (AvgIpc) is 2.71. The SMILES string of the molecule is C[Si](C)(C)c1ccc(CCc2ccc(CCc3ccc([Si](C)(C)C)cc3)cc2)cc1. The lowest BCUT2D eigenvalue weighted by Crippen LogP contribution is -2.37. The number of aryl methyl sites for hydroxylation is 4. The summed E-state index contributed by atoms with van der Waals surface area (Å²) in [5.74, 6) is 0. The van der Waals surface area contributed by atoms with Crippen LogP contribution in [0.1, 0.15) is 22.3 Å². The molecule has 0 amide bonds. The van der Waals surface area contributed by atoms with Crippen molar-refractivity contribution in [3.05, 3.63) is 95.1 Å². The quantitative estimate of drug-likeness (QED) is 0.365. The molecule has 3 aromatic rings. The largest absolute Gasteiger partial charge is 0.0775 e. The van der Waals surface area contributed by atoms with Crippen LogP contribution in [0.4, 0.5) is 0 Å². The molecule has 0 aliphatic heterocycles. The van der Waals surface area contributed by atoms with E-state index in [1.165, 1.54) is 22.3 Å². The Labute approximate surface area is 186 Å². The van der Waals surface area contributed by atoms with Crippen LogP contribution in [-0.2, 0) is 25.7 Å². The van der Waals surface area contributed by atoms with Gasteiger partial charge in [-0.1, -0.05) is 122 Å². The van der Waals surface area contributed by atoms with Crippen LogP contribution in [0.15, 0.2) is 72.8 Å². The predicted molar refractivity (Wildman–Crippen MR) is 140 cm³/mol. The molecule has 0 aliphatic carbocycles. The normalized spacial score (nSPS) is 12.2. The highest BCUT2D eigenvalue weighted by atomic mass is 28.3. The highest BCUT2D eigenvalue weighted by molar-refractivity contribution is 6.89. The Morgan fingerprint density at radius 1 is 0.367 bits per heavy atom. The fraction of sp³-hybridized carbons (Fsp3) is 0.357. The maximum atomic E-state index is 2.41. The van der Waals surface area contributed by atoms with Gasteiger partial charge in [-0.15, -0.1) is 0 Å². The van der Waals surface area contributed by atoms with E-state index >= 15 is 0 Å². The molecule has 0 heterocycles. The van der Waals surface area contributed by atoms with Crippen molar-refractivity contribution in [2.45, 2.75) is 65.0 Å². The molecule has 0 aliphatic rings. The van der Waals surface area contributed by atoms with Crippen LogP contribution >= 0.6 is 0 Å². The third kappa shape index (κ3) is 6.55. The molecule has 3 rings (SSSR count). The lowest BCUT2D eigenvalue weighted by Gasteiger charge is -2.17. The standard InChI is InChI=1S/C28H38Si2/c1-29(2,3)27-19-15-25(16-20-27)13-11-23-7-9-24(10-8-23)12-14-26-17-21-28(22-18-26)30(4,5)6/h7-10,15-22H,11-14H2,1-6H3. The van der Waals surface area contributed by atoms with E-state index in [1.54, 1.807) is 10.4 Å². The van der Waals surface area contributed by atoms with Gasteiger partial charge in [-0.05, 0) is 47.9 Å². The molecule has 0 aromatic heterocycles. The molecule has 0 unspecified atom stereocenters. The van der Waals surface area contributed by atoms with Crippen molar-refractivity contribution in [2.75, 3.05) is 0 Å². The molecule has 0 atom stereocenters. The van der Waals surface area contributed by atoms with Crippen LogP contribution in [0.3, 0.4) is 0 Å². The lowest BCUT2D eigenvalue weighted by atomic mass is 10.0. The van der Waals surface area contributed by atoms with Gasteiger partial charge in [0.05, 0.1) is 16.1 Å². The zero-order chi connectivity index (χ0) is 21.8. The Kier molecular flexibility index (Phi) is 7.20. The summed E-state index contributed by atoms with van der Waals surface area (Å²) in [7, 11) is -2.38. The van der Waals surface area contributed by atoms with Crippen molar-refractivity contribution in [3.63, 3.8) is 0 Å². The van der Waals surface area contributed by atoms with E-state index in [-0.39, 0.29) is 0 Å². The Balaban J connectivity index is 1.50. The third-order valence-corrected chi connectivity index (χ3v) is 10.2. The first-order chi connectivity index (χ1) is 14.1. The highest BCUT2D eigenvalue weighted by Gasteiger charge is 2.16. The fourth-order valence-corrected chi connectivity index (χ4v) is 6.13. The van der Waals surface area contributed by atoms with Gasteiger partial charge in [-0.2, -0.15) is 0 Å². The van der Waals surface area contributed by atoms with Gasteiger partial charge >= 0.3 is 0 Å². The van der Waals surface area contributed by atoms with E-state index in [0.29, 0.717) is 0 Å². The van der Waals surface area contributed by atoms with Gasteiger partial charge in [0.25, 0.3) is 0 Å². The van der Waals surface area contributed by atoms with E-state index in [9.17, 15) is 0 Å². The van der Waals surface area contributed by atoms with E-state index in [0.717, 1.165) is 25.7 Å². The van der Waals surface area contributed by atoms with Gasteiger partial charge in [0.15, 0.2) is 0 Å². The van der Waals surface area contributed by atoms with Crippen molar-refractivity contribution in [1.29, 1.82) is 0 Å². The molecular weight excluding hydrogens is 392 g/mol. The second kappa shape index (κ2) is 9.49. The van der Waals surface area contributed by atoms with Crippen LogP contribution in [0, 0.1) is 0 Å². The molecule has 0 saturated carbocycles. The van der Waals surface area contributed by atoms with Gasteiger partial charge < -0.3 is 0 Å². The molecule has 158 valence electrons. The topological polar surface area (TPSA) is 0 Å². The smallest absolute Gasteiger partial charge is 0.0656 e. The first kappa shape index (κ1) is 22.8. The summed E-state index contributed by atoms with van der Waals surface area (Å²) in [6.45, 7) is 14.5. The minimum atomic E-state index is -1.19. The van der Waals surface area contributed by atoms with Crippen LogP contribution in [-0.4, -0.2) is 16.1 Å². The molecule has 0 fully saturated rings. The van der Waals surface area contributed by atoms with E-state index in [4.69, 9.17) is 0 Å². The second-order valence-corrected chi connectivity index (χ2v) is 20.9. The zero-order valence-corrected chi connectivity index (χ0v) is 21.8. The van der Waals surface area contributed by atoms with Gasteiger partial charge in [0.2, 0.25) is 0 Å². The number of benzene rings is 3. The summed E-state index contributed by atoms with van der Waals surface area (Å²) in [6.07, 6.45) is 4.47. The van der Waals surface area contributed by atoms with Gasteiger partial charge in [-0.25, -0.2) is 0 Å². The average molecular weight is 431 g/mol. The van der Waals surface area contributed by atoms with Crippen LogP contribution in [0.5, 0.6) is 0 Å². The lowest BCUT2D eigenvalue weighted by molar-refractivity contribution is 0.940. The van der Waals surface area contributed by atoms with Crippen molar-refractivity contribution in [2.24, 2.45) is 0 Å². The summed E-state index contributed by atoms with van der Waals surface area (Å²) in [5, 5.41) is 3.09. The van der Waals surface area contributed by atoms with Crippen LogP contribution in [0.25, 0.3) is 0 Å². The van der Waals surface area contributed by atoms with Gasteiger partial charge in [-0.3, -0.25) is 0 Å². The van der Waals surface area contributed by atoms with E-state index in [1.807, 2.05) is 0 Å². The summed E-state index contributed by atoms with van der Waals surface area (Å²) < 4.78 is 0. The molecule has 0 bridgehead atoms. The molecule has 0 radical (unpaired) electrons. The number of rotatable bonds is 8. The fourth-order valence-electron chi connectivity index (χ4n) is 3.79. The van der Waals surface area contributed by atoms with Crippen LogP contribution in [0.2, 0.25) is 39.3 Å². The minimum Gasteiger partial charge on any atom is -0.0656 e. The molecule has 2 heteroatoms. The summed E-state index contributed by atoms with van der Waals surface area (Å²) in [6, 6.07) is 28.0. The summed E-state index contributed by atoms with van der Waals surface area (Å²) in [4.78, 5) is 0. The number of hydrogen-bond acceptors (Lipinski definition) is 0. The zero-order valence-electron chi connectivity index (χ0n) is 19.8. The maximum absolute atomic E-state index is 2.41. The molecule has 0 nitrogen and oxygen atoms in total. The Hall–Kier alpha value is -1.91. The Bertz CT molecular complexity index is 842. The van der Waals surface area contributed by atoms with Crippen molar-refractivity contribution >= 4 is 26.5 Å². The van der Waals surface area contributed by atoms with E-state index in [2.05, 4.69) is 112 Å². The molecule has 30 heavy (non-hydrogen) atoms. The minimum absolute atomic E-state index is 1.12. The second-order valence-electron chi connectivity index (χ2n) is 10.7. The molecule has 0 spiro atoms.